The van der Waals surface area contributed by atoms with Crippen LogP contribution in [-0.4, -0.2) is 29.0 Å². The van der Waals surface area contributed by atoms with Crippen molar-refractivity contribution in [3.8, 4) is 0 Å². The van der Waals surface area contributed by atoms with Crippen LogP contribution in [0.3, 0.4) is 0 Å². The number of rotatable bonds is 7. The molecule has 0 saturated heterocycles. The molecular weight excluding hydrogens is 366 g/mol. The highest BCUT2D eigenvalue weighted by molar-refractivity contribution is 6.23. The Morgan fingerprint density at radius 2 is 1.76 bits per heavy atom. The number of Topliss-reactive ketones (excluding diaryl/α,β-unsaturated/α-hetero) is 2. The summed E-state index contributed by atoms with van der Waals surface area (Å²) in [4.78, 5) is 30.5. The maximum absolute atomic E-state index is 13.0. The van der Waals surface area contributed by atoms with E-state index in [2.05, 4.69) is 19.0 Å². The van der Waals surface area contributed by atoms with Gasteiger partial charge in [0, 0.05) is 18.4 Å². The molecule has 158 valence electrons. The lowest BCUT2D eigenvalue weighted by Gasteiger charge is -2.29. The molecular formula is C24H33NO4. The van der Waals surface area contributed by atoms with Gasteiger partial charge in [-0.15, -0.1) is 0 Å². The molecule has 1 aliphatic rings. The van der Waals surface area contributed by atoms with Crippen molar-refractivity contribution in [2.75, 3.05) is 6.61 Å². The highest BCUT2D eigenvalue weighted by Gasteiger charge is 2.34. The van der Waals surface area contributed by atoms with Crippen LogP contribution in [0.4, 0.5) is 0 Å². The third kappa shape index (κ3) is 4.29. The minimum atomic E-state index is -0.152. The van der Waals surface area contributed by atoms with Gasteiger partial charge < -0.3 is 9.94 Å². The second kappa shape index (κ2) is 9.38. The van der Waals surface area contributed by atoms with Crippen LogP contribution < -0.4 is 0 Å². The first-order valence-electron chi connectivity index (χ1n) is 10.5. The molecule has 0 fully saturated rings. The first kappa shape index (κ1) is 22.9. The number of carbonyl (C=O) groups excluding carboxylic acids is 2. The third-order valence-electron chi connectivity index (χ3n) is 5.94. The van der Waals surface area contributed by atoms with Gasteiger partial charge >= 0.3 is 0 Å². The highest BCUT2D eigenvalue weighted by atomic mass is 16.6. The molecule has 2 rings (SSSR count). The van der Waals surface area contributed by atoms with Crippen LogP contribution in [0.1, 0.15) is 91.1 Å². The molecule has 5 nitrogen and oxygen atoms in total. The molecule has 1 N–H and O–H groups in total. The first-order chi connectivity index (χ1) is 13.7. The van der Waals surface area contributed by atoms with E-state index in [4.69, 9.17) is 4.84 Å². The zero-order valence-electron chi connectivity index (χ0n) is 18.7. The van der Waals surface area contributed by atoms with Crippen molar-refractivity contribution in [2.24, 2.45) is 5.16 Å². The molecule has 1 aromatic rings. The van der Waals surface area contributed by atoms with Crippen molar-refractivity contribution in [3.63, 3.8) is 0 Å². The summed E-state index contributed by atoms with van der Waals surface area (Å²) in [6, 6.07) is 0. The van der Waals surface area contributed by atoms with Gasteiger partial charge in [0.2, 0.25) is 0 Å². The Hall–Kier alpha value is -2.43. The topological polar surface area (TPSA) is 76.0 Å². The van der Waals surface area contributed by atoms with Crippen LogP contribution in [0.5, 0.6) is 0 Å². The van der Waals surface area contributed by atoms with E-state index in [-0.39, 0.29) is 29.7 Å². The van der Waals surface area contributed by atoms with E-state index >= 15 is 0 Å². The number of ketones is 2. The molecule has 1 unspecified atom stereocenters. The Kier molecular flexibility index (Phi) is 7.39. The van der Waals surface area contributed by atoms with Gasteiger partial charge in [-0.25, -0.2) is 0 Å². The minimum absolute atomic E-state index is 0.0376. The molecule has 0 amide bonds. The normalized spacial score (nSPS) is 17.7. The molecule has 0 aromatic heterocycles. The highest BCUT2D eigenvalue weighted by Crippen LogP contribution is 2.40. The zero-order valence-corrected chi connectivity index (χ0v) is 18.7. The van der Waals surface area contributed by atoms with Crippen LogP contribution in [0, 0.1) is 20.8 Å². The number of carbonyl (C=O) groups is 2. The molecule has 5 heteroatoms. The van der Waals surface area contributed by atoms with E-state index in [1.54, 1.807) is 6.92 Å². The van der Waals surface area contributed by atoms with Gasteiger partial charge in [0.15, 0.2) is 11.6 Å². The summed E-state index contributed by atoms with van der Waals surface area (Å²) < 4.78 is 0. The number of hydrogen-bond donors (Lipinski definition) is 1. The quantitative estimate of drug-likeness (QED) is 0.376. The van der Waals surface area contributed by atoms with E-state index in [0.717, 1.165) is 39.8 Å². The SMILES string of the molecule is CCON=C(CC)C1=C(O)CC(c2c(C)c(CC)c(C)c(C(C)=O)c2C)CC1=O. The largest absolute Gasteiger partial charge is 0.511 e. The van der Waals surface area contributed by atoms with Crippen LogP contribution in [-0.2, 0) is 16.1 Å². The van der Waals surface area contributed by atoms with E-state index in [1.807, 2.05) is 27.7 Å². The number of hydrogen-bond acceptors (Lipinski definition) is 5. The van der Waals surface area contributed by atoms with E-state index in [9.17, 15) is 14.7 Å². The summed E-state index contributed by atoms with van der Waals surface area (Å²) in [6.07, 6.45) is 1.97. The summed E-state index contributed by atoms with van der Waals surface area (Å²) >= 11 is 0. The van der Waals surface area contributed by atoms with E-state index < -0.39 is 0 Å². The lowest BCUT2D eigenvalue weighted by molar-refractivity contribution is -0.116. The zero-order chi connectivity index (χ0) is 21.9. The van der Waals surface area contributed by atoms with Crippen molar-refractivity contribution >= 4 is 17.3 Å². The Morgan fingerprint density at radius 3 is 2.24 bits per heavy atom. The molecule has 0 heterocycles. The van der Waals surface area contributed by atoms with Crippen LogP contribution in [0.2, 0.25) is 0 Å². The predicted octanol–water partition coefficient (Wildman–Crippen LogP) is 5.44. The third-order valence-corrected chi connectivity index (χ3v) is 5.94. The lowest BCUT2D eigenvalue weighted by atomic mass is 9.74. The summed E-state index contributed by atoms with van der Waals surface area (Å²) in [5.74, 6) is -0.176. The van der Waals surface area contributed by atoms with Gasteiger partial charge in [0.05, 0.1) is 11.3 Å². The number of allylic oxidation sites excluding steroid dienone is 2. The van der Waals surface area contributed by atoms with Crippen molar-refractivity contribution in [1.82, 2.24) is 0 Å². The molecule has 1 atom stereocenters. The van der Waals surface area contributed by atoms with Gasteiger partial charge in [0.1, 0.15) is 12.4 Å². The molecule has 0 spiro atoms. The Balaban J connectivity index is 2.60. The van der Waals surface area contributed by atoms with Crippen LogP contribution in [0.15, 0.2) is 16.5 Å². The monoisotopic (exact) mass is 399 g/mol. The standard InChI is InChI=1S/C24H33NO4/c1-8-18-13(4)22(16(7)26)15(6)23(14(18)5)17-11-20(27)24(21(28)12-17)19(9-2)25-29-10-3/h17,27H,8-12H2,1-7H3. The van der Waals surface area contributed by atoms with Crippen molar-refractivity contribution in [1.29, 1.82) is 0 Å². The number of aliphatic hydroxyl groups is 1. The van der Waals surface area contributed by atoms with Crippen molar-refractivity contribution in [3.05, 3.63) is 44.7 Å². The van der Waals surface area contributed by atoms with Crippen LogP contribution >= 0.6 is 0 Å². The molecule has 0 bridgehead atoms. The molecule has 0 aliphatic heterocycles. The van der Waals surface area contributed by atoms with Crippen molar-refractivity contribution in [2.45, 2.75) is 80.1 Å². The molecule has 1 aliphatic carbocycles. The maximum atomic E-state index is 13.0. The smallest absolute Gasteiger partial charge is 0.168 e. The average Bonchev–Trinajstić information content (AvgIpc) is 2.63. The van der Waals surface area contributed by atoms with E-state index in [1.165, 1.54) is 0 Å². The second-order valence-electron chi connectivity index (χ2n) is 7.71. The second-order valence-corrected chi connectivity index (χ2v) is 7.71. The first-order valence-corrected chi connectivity index (χ1v) is 10.5. The number of oxime groups is 1. The number of nitrogens with zero attached hydrogens (tertiary/aromatic N) is 1. The predicted molar refractivity (Wildman–Crippen MR) is 116 cm³/mol. The van der Waals surface area contributed by atoms with Crippen molar-refractivity contribution < 1.29 is 19.5 Å². The van der Waals surface area contributed by atoms with E-state index in [0.29, 0.717) is 30.7 Å². The van der Waals surface area contributed by atoms with Gasteiger partial charge in [-0.1, -0.05) is 19.0 Å². The fraction of sp³-hybridized carbons (Fsp3) is 0.542. The summed E-state index contributed by atoms with van der Waals surface area (Å²) in [6.45, 7) is 13.8. The summed E-state index contributed by atoms with van der Waals surface area (Å²) in [5.41, 5.74) is 6.79. The Bertz CT molecular complexity index is 893. The van der Waals surface area contributed by atoms with Gasteiger partial charge in [-0.3, -0.25) is 9.59 Å². The number of benzene rings is 1. The number of aliphatic hydroxyl groups excluding tert-OH is 1. The van der Waals surface area contributed by atoms with Crippen LogP contribution in [0.25, 0.3) is 0 Å². The van der Waals surface area contributed by atoms with Gasteiger partial charge in [0.25, 0.3) is 0 Å². The summed E-state index contributed by atoms with van der Waals surface area (Å²) in [7, 11) is 0. The molecule has 0 radical (unpaired) electrons. The van der Waals surface area contributed by atoms with Gasteiger partial charge in [-0.2, -0.15) is 0 Å². The maximum Gasteiger partial charge on any atom is 0.168 e. The fourth-order valence-corrected chi connectivity index (χ4v) is 4.82. The fourth-order valence-electron chi connectivity index (χ4n) is 4.82. The molecule has 1 aromatic carbocycles. The molecule has 0 saturated carbocycles. The Morgan fingerprint density at radius 1 is 1.10 bits per heavy atom. The Labute approximate surface area is 173 Å². The summed E-state index contributed by atoms with van der Waals surface area (Å²) in [5, 5.41) is 14.8. The average molecular weight is 400 g/mol. The minimum Gasteiger partial charge on any atom is -0.511 e. The van der Waals surface area contributed by atoms with Gasteiger partial charge in [-0.05, 0) is 81.2 Å². The lowest BCUT2D eigenvalue weighted by Crippen LogP contribution is -2.25. The molecule has 29 heavy (non-hydrogen) atoms.